The molecule has 0 aromatic carbocycles. The van der Waals surface area contributed by atoms with E-state index in [0.717, 1.165) is 5.56 Å². The minimum atomic E-state index is -0.183. The number of hydrogen-bond acceptors (Lipinski definition) is 4. The van der Waals surface area contributed by atoms with Crippen LogP contribution >= 0.6 is 11.3 Å². The van der Waals surface area contributed by atoms with Crippen LogP contribution in [0.15, 0.2) is 16.8 Å². The Balaban J connectivity index is 2.41. The number of methoxy groups -OCH3 is 1. The zero-order valence-corrected chi connectivity index (χ0v) is 10.5. The predicted molar refractivity (Wildman–Crippen MR) is 65.3 cm³/mol. The van der Waals surface area contributed by atoms with Crippen LogP contribution in [0.2, 0.25) is 0 Å². The third-order valence-electron chi connectivity index (χ3n) is 2.42. The highest BCUT2D eigenvalue weighted by molar-refractivity contribution is 7.07. The number of hydrogen-bond donors (Lipinski definition) is 1. The number of ether oxygens (including phenoxy) is 1. The summed E-state index contributed by atoms with van der Waals surface area (Å²) >= 11 is 1.63. The van der Waals surface area contributed by atoms with Crippen LogP contribution in [-0.4, -0.2) is 37.6 Å². The van der Waals surface area contributed by atoms with Crippen LogP contribution in [0.3, 0.4) is 0 Å². The van der Waals surface area contributed by atoms with Gasteiger partial charge in [-0.05, 0) is 22.4 Å². The van der Waals surface area contributed by atoms with Crippen molar-refractivity contribution in [3.05, 3.63) is 22.4 Å². The maximum atomic E-state index is 11.8. The van der Waals surface area contributed by atoms with E-state index in [9.17, 15) is 4.79 Å². The van der Waals surface area contributed by atoms with Gasteiger partial charge in [-0.15, -0.1) is 0 Å². The quantitative estimate of drug-likeness (QED) is 0.812. The Kier molecular flexibility index (Phi) is 5.45. The highest BCUT2D eigenvalue weighted by Crippen LogP contribution is 2.09. The molecule has 0 saturated heterocycles. The average Bonchev–Trinajstić information content (AvgIpc) is 2.78. The number of rotatable bonds is 6. The van der Waals surface area contributed by atoms with Gasteiger partial charge >= 0.3 is 0 Å². The lowest BCUT2D eigenvalue weighted by molar-refractivity contribution is -0.132. The van der Waals surface area contributed by atoms with E-state index in [1.807, 2.05) is 16.8 Å². The van der Waals surface area contributed by atoms with Crippen LogP contribution in [0.4, 0.5) is 0 Å². The topological polar surface area (TPSA) is 55.6 Å². The first-order valence-corrected chi connectivity index (χ1v) is 6.09. The lowest BCUT2D eigenvalue weighted by Crippen LogP contribution is -2.33. The molecule has 0 aliphatic carbocycles. The molecule has 0 radical (unpaired) electrons. The Hall–Kier alpha value is -0.910. The summed E-state index contributed by atoms with van der Waals surface area (Å²) in [6.45, 7) is 1.01. The molecule has 90 valence electrons. The molecule has 1 amide bonds. The molecular weight excluding hydrogens is 224 g/mol. The lowest BCUT2D eigenvalue weighted by atomic mass is 10.2. The highest BCUT2D eigenvalue weighted by atomic mass is 32.1. The number of nitrogens with zero attached hydrogens (tertiary/aromatic N) is 1. The monoisotopic (exact) mass is 242 g/mol. The molecule has 1 unspecified atom stereocenters. The fraction of sp³-hybridized carbons (Fsp3) is 0.545. The first-order chi connectivity index (χ1) is 7.67. The molecule has 4 nitrogen and oxygen atoms in total. The molecule has 0 aliphatic heterocycles. The van der Waals surface area contributed by atoms with Crippen molar-refractivity contribution < 1.29 is 9.53 Å². The molecular formula is C11H18N2O2S. The van der Waals surface area contributed by atoms with Crippen molar-refractivity contribution in [1.29, 1.82) is 0 Å². The van der Waals surface area contributed by atoms with E-state index in [4.69, 9.17) is 10.5 Å². The molecule has 0 fully saturated rings. The molecule has 0 saturated carbocycles. The van der Waals surface area contributed by atoms with Crippen LogP contribution in [0.1, 0.15) is 12.0 Å². The van der Waals surface area contributed by atoms with Crippen molar-refractivity contribution in [2.24, 2.45) is 5.73 Å². The molecule has 0 aliphatic rings. The Morgan fingerprint density at radius 3 is 2.94 bits per heavy atom. The van der Waals surface area contributed by atoms with Gasteiger partial charge in [0.15, 0.2) is 0 Å². The lowest BCUT2D eigenvalue weighted by Gasteiger charge is -2.19. The Morgan fingerprint density at radius 2 is 2.44 bits per heavy atom. The van der Waals surface area contributed by atoms with E-state index >= 15 is 0 Å². The number of nitrogens with two attached hydrogens (primary N) is 1. The molecule has 2 N–H and O–H groups in total. The van der Waals surface area contributed by atoms with Crippen LogP contribution in [0.5, 0.6) is 0 Å². The SMILES string of the molecule is COC(CN)CC(=O)N(C)Cc1ccsc1. The standard InChI is InChI=1S/C11H18N2O2S/c1-13(7-9-3-4-16-8-9)11(14)5-10(6-12)15-2/h3-4,8,10H,5-7,12H2,1-2H3. The fourth-order valence-corrected chi connectivity index (χ4v) is 2.02. The van der Waals surface area contributed by atoms with Gasteiger partial charge in [0.05, 0.1) is 12.5 Å². The Morgan fingerprint density at radius 1 is 1.69 bits per heavy atom. The zero-order chi connectivity index (χ0) is 12.0. The number of carbonyl (C=O) groups is 1. The van der Waals surface area contributed by atoms with Crippen LogP contribution in [-0.2, 0) is 16.1 Å². The molecule has 16 heavy (non-hydrogen) atoms. The second-order valence-corrected chi connectivity index (χ2v) is 4.46. The van der Waals surface area contributed by atoms with Crippen molar-refractivity contribution in [2.75, 3.05) is 20.7 Å². The summed E-state index contributed by atoms with van der Waals surface area (Å²) in [6.07, 6.45) is 0.158. The summed E-state index contributed by atoms with van der Waals surface area (Å²) in [6, 6.07) is 2.02. The molecule has 1 rings (SSSR count). The number of thiophene rings is 1. The predicted octanol–water partition coefficient (Wildman–Crippen LogP) is 1.07. The van der Waals surface area contributed by atoms with Crippen LogP contribution in [0, 0.1) is 0 Å². The van der Waals surface area contributed by atoms with Crippen molar-refractivity contribution in [3.63, 3.8) is 0 Å². The Labute approximate surface area is 100 Å². The van der Waals surface area contributed by atoms with Gasteiger partial charge in [-0.3, -0.25) is 4.79 Å². The minimum Gasteiger partial charge on any atom is -0.380 e. The van der Waals surface area contributed by atoms with Gasteiger partial charge in [-0.1, -0.05) is 0 Å². The molecule has 0 bridgehead atoms. The summed E-state index contributed by atoms with van der Waals surface area (Å²) in [7, 11) is 3.37. The van der Waals surface area contributed by atoms with Crippen LogP contribution in [0.25, 0.3) is 0 Å². The minimum absolute atomic E-state index is 0.0588. The van der Waals surface area contributed by atoms with Crippen molar-refractivity contribution in [3.8, 4) is 0 Å². The van der Waals surface area contributed by atoms with Gasteiger partial charge in [-0.2, -0.15) is 11.3 Å². The van der Waals surface area contributed by atoms with E-state index in [1.165, 1.54) is 0 Å². The van der Waals surface area contributed by atoms with E-state index < -0.39 is 0 Å². The second kappa shape index (κ2) is 6.62. The molecule has 5 heteroatoms. The summed E-state index contributed by atoms with van der Waals surface area (Å²) in [5.74, 6) is 0.0588. The zero-order valence-electron chi connectivity index (χ0n) is 9.68. The van der Waals surface area contributed by atoms with Gasteiger partial charge in [-0.25, -0.2) is 0 Å². The maximum absolute atomic E-state index is 11.8. The molecule has 0 spiro atoms. The highest BCUT2D eigenvalue weighted by Gasteiger charge is 2.15. The first-order valence-electron chi connectivity index (χ1n) is 5.15. The molecule has 1 aromatic heterocycles. The normalized spacial score (nSPS) is 12.4. The molecule has 1 heterocycles. The largest absolute Gasteiger partial charge is 0.380 e. The van der Waals surface area contributed by atoms with Crippen LogP contribution < -0.4 is 5.73 Å². The van der Waals surface area contributed by atoms with E-state index in [0.29, 0.717) is 19.5 Å². The number of amides is 1. The van der Waals surface area contributed by atoms with Gasteiger partial charge in [0.2, 0.25) is 5.91 Å². The third-order valence-corrected chi connectivity index (χ3v) is 3.16. The fourth-order valence-electron chi connectivity index (χ4n) is 1.36. The van der Waals surface area contributed by atoms with E-state index in [2.05, 4.69) is 0 Å². The second-order valence-electron chi connectivity index (χ2n) is 3.68. The molecule has 1 aromatic rings. The Bertz CT molecular complexity index is 310. The third kappa shape index (κ3) is 3.92. The van der Waals surface area contributed by atoms with Crippen molar-refractivity contribution in [2.45, 2.75) is 19.1 Å². The average molecular weight is 242 g/mol. The van der Waals surface area contributed by atoms with Gasteiger partial charge in [0.1, 0.15) is 0 Å². The summed E-state index contributed by atoms with van der Waals surface area (Å²) in [4.78, 5) is 13.5. The van der Waals surface area contributed by atoms with E-state index in [1.54, 1.807) is 30.4 Å². The number of carbonyl (C=O) groups excluding carboxylic acids is 1. The first kappa shape index (κ1) is 13.2. The summed E-state index contributed by atoms with van der Waals surface area (Å²) in [5.41, 5.74) is 6.63. The van der Waals surface area contributed by atoms with Crippen molar-refractivity contribution in [1.82, 2.24) is 4.90 Å². The van der Waals surface area contributed by atoms with Gasteiger partial charge in [0, 0.05) is 27.2 Å². The van der Waals surface area contributed by atoms with Gasteiger partial charge in [0.25, 0.3) is 0 Å². The molecule has 1 atom stereocenters. The van der Waals surface area contributed by atoms with Gasteiger partial charge < -0.3 is 15.4 Å². The maximum Gasteiger partial charge on any atom is 0.225 e. The summed E-state index contributed by atoms with van der Waals surface area (Å²) in [5, 5.41) is 4.05. The summed E-state index contributed by atoms with van der Waals surface area (Å²) < 4.78 is 5.09. The van der Waals surface area contributed by atoms with Crippen molar-refractivity contribution >= 4 is 17.2 Å². The smallest absolute Gasteiger partial charge is 0.225 e. The van der Waals surface area contributed by atoms with E-state index in [-0.39, 0.29) is 12.0 Å².